The Kier molecular flexibility index (Phi) is 7.41. The van der Waals surface area contributed by atoms with Gasteiger partial charge in [-0.2, -0.15) is 0 Å². The Hall–Kier alpha value is -2.40. The van der Waals surface area contributed by atoms with Gasteiger partial charge in [0.1, 0.15) is 5.82 Å². The van der Waals surface area contributed by atoms with Gasteiger partial charge < -0.3 is 15.0 Å². The number of nitrogens with one attached hydrogen (secondary N) is 1. The Balaban J connectivity index is 2.05. The van der Waals surface area contributed by atoms with Gasteiger partial charge in [0.2, 0.25) is 0 Å². The van der Waals surface area contributed by atoms with E-state index in [1.807, 2.05) is 30.3 Å². The van der Waals surface area contributed by atoms with Crippen molar-refractivity contribution in [1.82, 2.24) is 4.90 Å². The van der Waals surface area contributed by atoms with Crippen LogP contribution in [0.5, 0.6) is 0 Å². The van der Waals surface area contributed by atoms with Gasteiger partial charge in [-0.15, -0.1) is 0 Å². The maximum Gasteiger partial charge on any atom is 0.322 e. The molecule has 0 aliphatic carbocycles. The first kappa shape index (κ1) is 18.9. The predicted octanol–water partition coefficient (Wildman–Crippen LogP) is 4.59. The van der Waals surface area contributed by atoms with Crippen LogP contribution in [0.3, 0.4) is 0 Å². The standard InChI is InChI=1S/C20H25FN2O2/c1-16-14-18(21)10-11-19(16)22-20(24)23(12-6-7-13-25-2)15-17-8-4-3-5-9-17/h3-5,8-11,14H,6-7,12-13,15H2,1-2H3,(H,22,24). The molecule has 0 bridgehead atoms. The summed E-state index contributed by atoms with van der Waals surface area (Å²) in [5.74, 6) is -0.309. The van der Waals surface area contributed by atoms with Crippen LogP contribution < -0.4 is 5.32 Å². The summed E-state index contributed by atoms with van der Waals surface area (Å²) in [5, 5.41) is 2.89. The fraction of sp³-hybridized carbons (Fsp3) is 0.350. The molecule has 0 saturated heterocycles. The largest absolute Gasteiger partial charge is 0.385 e. The van der Waals surface area contributed by atoms with Crippen LogP contribution in [-0.2, 0) is 11.3 Å². The zero-order valence-corrected chi connectivity index (χ0v) is 14.8. The Morgan fingerprint density at radius 1 is 1.16 bits per heavy atom. The lowest BCUT2D eigenvalue weighted by Gasteiger charge is -2.24. The molecule has 4 nitrogen and oxygen atoms in total. The van der Waals surface area contributed by atoms with Crippen molar-refractivity contribution in [3.8, 4) is 0 Å². The van der Waals surface area contributed by atoms with Crippen LogP contribution in [0.15, 0.2) is 48.5 Å². The second-order valence-electron chi connectivity index (χ2n) is 6.00. The molecule has 0 saturated carbocycles. The lowest BCUT2D eigenvalue weighted by molar-refractivity contribution is 0.182. The summed E-state index contributed by atoms with van der Waals surface area (Å²) in [6.45, 7) is 3.61. The van der Waals surface area contributed by atoms with Gasteiger partial charge in [-0.3, -0.25) is 0 Å². The number of anilines is 1. The predicted molar refractivity (Wildman–Crippen MR) is 98.1 cm³/mol. The van der Waals surface area contributed by atoms with E-state index in [4.69, 9.17) is 4.74 Å². The molecule has 0 aliphatic heterocycles. The molecule has 134 valence electrons. The van der Waals surface area contributed by atoms with E-state index in [0.717, 1.165) is 18.4 Å². The Labute approximate surface area is 148 Å². The van der Waals surface area contributed by atoms with Crippen LogP contribution in [-0.4, -0.2) is 31.2 Å². The number of urea groups is 1. The highest BCUT2D eigenvalue weighted by atomic mass is 19.1. The van der Waals surface area contributed by atoms with Gasteiger partial charge in [-0.05, 0) is 49.1 Å². The third-order valence-corrected chi connectivity index (χ3v) is 3.96. The summed E-state index contributed by atoms with van der Waals surface area (Å²) < 4.78 is 18.3. The number of hydrogen-bond acceptors (Lipinski definition) is 2. The minimum Gasteiger partial charge on any atom is -0.385 e. The van der Waals surface area contributed by atoms with E-state index in [0.29, 0.717) is 30.9 Å². The van der Waals surface area contributed by atoms with E-state index in [2.05, 4.69) is 5.32 Å². The first-order chi connectivity index (χ1) is 12.1. The summed E-state index contributed by atoms with van der Waals surface area (Å²) in [6, 6.07) is 14.0. The number of methoxy groups -OCH3 is 1. The third-order valence-electron chi connectivity index (χ3n) is 3.96. The van der Waals surface area contributed by atoms with E-state index in [1.165, 1.54) is 12.1 Å². The molecule has 2 aromatic carbocycles. The second kappa shape index (κ2) is 9.79. The quantitative estimate of drug-likeness (QED) is 0.711. The van der Waals surface area contributed by atoms with Crippen LogP contribution in [0, 0.1) is 12.7 Å². The van der Waals surface area contributed by atoms with Gasteiger partial charge in [0.25, 0.3) is 0 Å². The minimum atomic E-state index is -0.309. The molecule has 25 heavy (non-hydrogen) atoms. The zero-order valence-electron chi connectivity index (χ0n) is 14.8. The van der Waals surface area contributed by atoms with E-state index in [-0.39, 0.29) is 11.8 Å². The maximum atomic E-state index is 13.2. The van der Waals surface area contributed by atoms with Crippen LogP contribution in [0.2, 0.25) is 0 Å². The minimum absolute atomic E-state index is 0.184. The molecule has 0 radical (unpaired) electrons. The number of unbranched alkanes of at least 4 members (excludes halogenated alkanes) is 1. The van der Waals surface area contributed by atoms with Crippen molar-refractivity contribution >= 4 is 11.7 Å². The molecule has 2 aromatic rings. The van der Waals surface area contributed by atoms with Gasteiger partial charge in [-0.25, -0.2) is 9.18 Å². The number of nitrogens with zero attached hydrogens (tertiary/aromatic N) is 1. The first-order valence-corrected chi connectivity index (χ1v) is 8.45. The molecule has 2 amide bonds. The van der Waals surface area contributed by atoms with Gasteiger partial charge in [0.15, 0.2) is 0 Å². The third kappa shape index (κ3) is 6.19. The highest BCUT2D eigenvalue weighted by Crippen LogP contribution is 2.17. The second-order valence-corrected chi connectivity index (χ2v) is 6.00. The van der Waals surface area contributed by atoms with Crippen molar-refractivity contribution in [2.45, 2.75) is 26.3 Å². The molecule has 0 aliphatic rings. The number of carbonyl (C=O) groups is 1. The molecular formula is C20H25FN2O2. The van der Waals surface area contributed by atoms with Crippen LogP contribution in [0.1, 0.15) is 24.0 Å². The summed E-state index contributed by atoms with van der Waals surface area (Å²) in [4.78, 5) is 14.5. The van der Waals surface area contributed by atoms with E-state index in [1.54, 1.807) is 25.0 Å². The summed E-state index contributed by atoms with van der Waals surface area (Å²) in [6.07, 6.45) is 1.75. The molecule has 0 unspecified atom stereocenters. The monoisotopic (exact) mass is 344 g/mol. The molecular weight excluding hydrogens is 319 g/mol. The average Bonchev–Trinajstić information content (AvgIpc) is 2.61. The molecule has 0 fully saturated rings. The zero-order chi connectivity index (χ0) is 18.1. The van der Waals surface area contributed by atoms with Gasteiger partial charge in [-0.1, -0.05) is 30.3 Å². The average molecular weight is 344 g/mol. The summed E-state index contributed by atoms with van der Waals surface area (Å²) in [5.41, 5.74) is 2.40. The molecule has 0 atom stereocenters. The van der Waals surface area contributed by atoms with Crippen molar-refractivity contribution in [2.75, 3.05) is 25.6 Å². The Bertz CT molecular complexity index is 677. The molecule has 0 heterocycles. The van der Waals surface area contributed by atoms with Crippen molar-refractivity contribution in [3.63, 3.8) is 0 Å². The smallest absolute Gasteiger partial charge is 0.322 e. The van der Waals surface area contributed by atoms with Crippen LogP contribution >= 0.6 is 0 Å². The van der Waals surface area contributed by atoms with Gasteiger partial charge in [0, 0.05) is 32.5 Å². The molecule has 2 rings (SSSR count). The fourth-order valence-corrected chi connectivity index (χ4v) is 2.57. The van der Waals surface area contributed by atoms with E-state index >= 15 is 0 Å². The highest BCUT2D eigenvalue weighted by molar-refractivity contribution is 5.90. The van der Waals surface area contributed by atoms with Crippen molar-refractivity contribution in [1.29, 1.82) is 0 Å². The topological polar surface area (TPSA) is 41.6 Å². The van der Waals surface area contributed by atoms with Crippen molar-refractivity contribution in [3.05, 3.63) is 65.5 Å². The molecule has 1 N–H and O–H groups in total. The summed E-state index contributed by atoms with van der Waals surface area (Å²) in [7, 11) is 1.67. The number of aryl methyl sites for hydroxylation is 1. The Morgan fingerprint density at radius 2 is 1.92 bits per heavy atom. The number of benzene rings is 2. The lowest BCUT2D eigenvalue weighted by atomic mass is 10.2. The van der Waals surface area contributed by atoms with Crippen LogP contribution in [0.25, 0.3) is 0 Å². The number of rotatable bonds is 8. The molecule has 0 aromatic heterocycles. The maximum absolute atomic E-state index is 13.2. The summed E-state index contributed by atoms with van der Waals surface area (Å²) >= 11 is 0. The van der Waals surface area contributed by atoms with E-state index < -0.39 is 0 Å². The van der Waals surface area contributed by atoms with Gasteiger partial charge >= 0.3 is 6.03 Å². The number of ether oxygens (including phenoxy) is 1. The SMILES string of the molecule is COCCCCN(Cc1ccccc1)C(=O)Nc1ccc(F)cc1C. The molecule has 0 spiro atoms. The van der Waals surface area contributed by atoms with Crippen molar-refractivity contribution in [2.24, 2.45) is 0 Å². The number of hydrogen-bond donors (Lipinski definition) is 1. The molecule has 5 heteroatoms. The van der Waals surface area contributed by atoms with E-state index in [9.17, 15) is 9.18 Å². The fourth-order valence-electron chi connectivity index (χ4n) is 2.57. The highest BCUT2D eigenvalue weighted by Gasteiger charge is 2.15. The number of amides is 2. The Morgan fingerprint density at radius 3 is 2.60 bits per heavy atom. The number of carbonyl (C=O) groups excluding carboxylic acids is 1. The lowest BCUT2D eigenvalue weighted by Crippen LogP contribution is -2.35. The first-order valence-electron chi connectivity index (χ1n) is 8.45. The normalized spacial score (nSPS) is 10.5. The van der Waals surface area contributed by atoms with Gasteiger partial charge in [0.05, 0.1) is 0 Å². The van der Waals surface area contributed by atoms with Crippen LogP contribution in [0.4, 0.5) is 14.9 Å². The number of halogens is 1. The van der Waals surface area contributed by atoms with Crippen molar-refractivity contribution < 1.29 is 13.9 Å².